The lowest BCUT2D eigenvalue weighted by atomic mass is 10.1. The van der Waals surface area contributed by atoms with Crippen molar-refractivity contribution < 1.29 is 9.21 Å². The molecular weight excluding hydrogens is 311 g/mol. The second-order valence-corrected chi connectivity index (χ2v) is 4.93. The Morgan fingerprint density at radius 3 is 2.62 bits per heavy atom. The number of hydrogen-bond donors (Lipinski definition) is 2. The number of nitrogens with two attached hydrogens (primary N) is 1. The zero-order valence-corrected chi connectivity index (χ0v) is 13.0. The number of nitrogens with one attached hydrogen (secondary N) is 1. The van der Waals surface area contributed by atoms with E-state index in [1.165, 1.54) is 11.8 Å². The van der Waals surface area contributed by atoms with Crippen molar-refractivity contribution in [2.24, 2.45) is 5.73 Å². The van der Waals surface area contributed by atoms with Gasteiger partial charge in [-0.05, 0) is 36.6 Å². The van der Waals surface area contributed by atoms with Crippen LogP contribution in [-0.4, -0.2) is 12.5 Å². The van der Waals surface area contributed by atoms with E-state index in [4.69, 9.17) is 21.8 Å². The Morgan fingerprint density at radius 2 is 2.00 bits per heavy atom. The van der Waals surface area contributed by atoms with Gasteiger partial charge < -0.3 is 15.5 Å². The van der Waals surface area contributed by atoms with Crippen LogP contribution in [0.15, 0.2) is 41.0 Å². The smallest absolute Gasteiger partial charge is 0.254 e. The number of carbonyl (C=O) groups excluding carboxylic acids is 1. The van der Waals surface area contributed by atoms with E-state index in [1.807, 2.05) is 24.3 Å². The summed E-state index contributed by atoms with van der Waals surface area (Å²) in [6.45, 7) is 0.911. The molecule has 1 aromatic carbocycles. The molecule has 21 heavy (non-hydrogen) atoms. The molecule has 2 aromatic rings. The van der Waals surface area contributed by atoms with Crippen molar-refractivity contribution in [2.75, 3.05) is 6.54 Å². The van der Waals surface area contributed by atoms with Gasteiger partial charge in [-0.1, -0.05) is 23.7 Å². The van der Waals surface area contributed by atoms with E-state index in [2.05, 4.69) is 5.32 Å². The molecule has 0 aliphatic carbocycles. The molecule has 0 unspecified atom stereocenters. The first-order valence-electron chi connectivity index (χ1n) is 6.49. The molecule has 0 saturated carbocycles. The van der Waals surface area contributed by atoms with Gasteiger partial charge in [-0.3, -0.25) is 4.79 Å². The molecule has 4 nitrogen and oxygen atoms in total. The van der Waals surface area contributed by atoms with E-state index in [-0.39, 0.29) is 18.3 Å². The van der Waals surface area contributed by atoms with E-state index in [1.54, 1.807) is 6.07 Å². The summed E-state index contributed by atoms with van der Waals surface area (Å²) in [4.78, 5) is 11.8. The van der Waals surface area contributed by atoms with Gasteiger partial charge in [-0.25, -0.2) is 0 Å². The summed E-state index contributed by atoms with van der Waals surface area (Å²) >= 11 is 5.82. The van der Waals surface area contributed by atoms with Crippen LogP contribution in [0.5, 0.6) is 0 Å². The van der Waals surface area contributed by atoms with Crippen LogP contribution in [0.1, 0.15) is 28.1 Å². The van der Waals surface area contributed by atoms with E-state index in [0.29, 0.717) is 24.4 Å². The third kappa shape index (κ3) is 5.42. The summed E-state index contributed by atoms with van der Waals surface area (Å²) in [7, 11) is 0. The summed E-state index contributed by atoms with van der Waals surface area (Å²) in [6, 6.07) is 9.39. The summed E-state index contributed by atoms with van der Waals surface area (Å²) in [6.07, 6.45) is 3.20. The molecule has 6 heteroatoms. The Labute approximate surface area is 135 Å². The van der Waals surface area contributed by atoms with E-state index < -0.39 is 0 Å². The fourth-order valence-electron chi connectivity index (χ4n) is 1.85. The molecule has 2 rings (SSSR count). The van der Waals surface area contributed by atoms with Crippen molar-refractivity contribution >= 4 is 29.9 Å². The molecule has 0 atom stereocenters. The van der Waals surface area contributed by atoms with Gasteiger partial charge in [0.25, 0.3) is 5.91 Å². The van der Waals surface area contributed by atoms with Gasteiger partial charge in [0.05, 0.1) is 12.1 Å². The van der Waals surface area contributed by atoms with Crippen molar-refractivity contribution in [3.05, 3.63) is 58.5 Å². The molecule has 0 aliphatic rings. The molecule has 3 N–H and O–H groups in total. The minimum atomic E-state index is -0.135. The molecule has 0 saturated heterocycles. The Morgan fingerprint density at radius 1 is 1.29 bits per heavy atom. The van der Waals surface area contributed by atoms with Gasteiger partial charge in [0.15, 0.2) is 0 Å². The number of halogens is 2. The monoisotopic (exact) mass is 328 g/mol. The average molecular weight is 329 g/mol. The van der Waals surface area contributed by atoms with Crippen LogP contribution < -0.4 is 11.1 Å². The summed E-state index contributed by atoms with van der Waals surface area (Å²) in [5.74, 6) is 0.473. The number of furan rings is 1. The van der Waals surface area contributed by atoms with Crippen LogP contribution in [0.2, 0.25) is 5.02 Å². The summed E-state index contributed by atoms with van der Waals surface area (Å²) < 4.78 is 5.12. The first-order valence-corrected chi connectivity index (χ1v) is 6.87. The standard InChI is InChI=1S/C15H17ClN2O2.ClH/c16-13-5-3-11(4-6-13)2-1-7-18-15(19)12-8-14(9-17)20-10-12;/h3-6,8,10H,1-2,7,9,17H2,(H,18,19);1H. The number of rotatable bonds is 6. The van der Waals surface area contributed by atoms with Crippen LogP contribution in [0.25, 0.3) is 0 Å². The highest BCUT2D eigenvalue weighted by Gasteiger charge is 2.08. The third-order valence-electron chi connectivity index (χ3n) is 2.96. The Balaban J connectivity index is 0.00000220. The van der Waals surface area contributed by atoms with E-state index >= 15 is 0 Å². The molecule has 0 fully saturated rings. The fourth-order valence-corrected chi connectivity index (χ4v) is 1.98. The van der Waals surface area contributed by atoms with Gasteiger partial charge in [0, 0.05) is 11.6 Å². The minimum Gasteiger partial charge on any atom is -0.467 e. The molecule has 1 heterocycles. The second-order valence-electron chi connectivity index (χ2n) is 4.49. The number of carbonyl (C=O) groups is 1. The molecule has 0 aliphatic heterocycles. The molecule has 1 aromatic heterocycles. The predicted molar refractivity (Wildman–Crippen MR) is 86.0 cm³/mol. The maximum absolute atomic E-state index is 11.8. The first kappa shape index (κ1) is 17.6. The highest BCUT2D eigenvalue weighted by Crippen LogP contribution is 2.11. The van der Waals surface area contributed by atoms with Gasteiger partial charge in [-0.2, -0.15) is 0 Å². The zero-order chi connectivity index (χ0) is 14.4. The van der Waals surface area contributed by atoms with Crippen molar-refractivity contribution in [1.29, 1.82) is 0 Å². The first-order chi connectivity index (χ1) is 9.69. The van der Waals surface area contributed by atoms with Crippen LogP contribution in [0, 0.1) is 0 Å². The van der Waals surface area contributed by atoms with Gasteiger partial charge >= 0.3 is 0 Å². The average Bonchev–Trinajstić information content (AvgIpc) is 2.94. The maximum Gasteiger partial charge on any atom is 0.254 e. The number of aryl methyl sites for hydroxylation is 1. The number of hydrogen-bond acceptors (Lipinski definition) is 3. The Hall–Kier alpha value is -1.49. The van der Waals surface area contributed by atoms with Crippen molar-refractivity contribution in [3.63, 3.8) is 0 Å². The fraction of sp³-hybridized carbons (Fsp3) is 0.267. The number of amides is 1. The van der Waals surface area contributed by atoms with Crippen molar-refractivity contribution in [1.82, 2.24) is 5.32 Å². The van der Waals surface area contributed by atoms with E-state index in [0.717, 1.165) is 17.9 Å². The van der Waals surface area contributed by atoms with Crippen molar-refractivity contribution in [3.8, 4) is 0 Å². The van der Waals surface area contributed by atoms with Gasteiger partial charge in [-0.15, -0.1) is 12.4 Å². The normalized spacial score (nSPS) is 10.0. The quantitative estimate of drug-likeness (QED) is 0.800. The second kappa shape index (κ2) is 8.72. The SMILES string of the molecule is Cl.NCc1cc(C(=O)NCCCc2ccc(Cl)cc2)co1. The molecule has 114 valence electrons. The lowest BCUT2D eigenvalue weighted by Crippen LogP contribution is -2.24. The van der Waals surface area contributed by atoms with Crippen LogP contribution >= 0.6 is 24.0 Å². The molecular formula is C15H18Cl2N2O2. The summed E-state index contributed by atoms with van der Waals surface area (Å²) in [5.41, 5.74) is 7.14. The minimum absolute atomic E-state index is 0. The lowest BCUT2D eigenvalue weighted by Gasteiger charge is -2.04. The summed E-state index contributed by atoms with van der Waals surface area (Å²) in [5, 5.41) is 3.59. The highest BCUT2D eigenvalue weighted by atomic mass is 35.5. The Bertz CT molecular complexity index is 567. The largest absolute Gasteiger partial charge is 0.467 e. The maximum atomic E-state index is 11.8. The van der Waals surface area contributed by atoms with Gasteiger partial charge in [0.1, 0.15) is 12.0 Å². The molecule has 0 spiro atoms. The molecule has 0 radical (unpaired) electrons. The van der Waals surface area contributed by atoms with Crippen LogP contribution in [0.4, 0.5) is 0 Å². The van der Waals surface area contributed by atoms with Crippen molar-refractivity contribution in [2.45, 2.75) is 19.4 Å². The predicted octanol–water partition coefficient (Wildman–Crippen LogP) is 3.18. The highest BCUT2D eigenvalue weighted by molar-refractivity contribution is 6.30. The third-order valence-corrected chi connectivity index (χ3v) is 3.21. The zero-order valence-electron chi connectivity index (χ0n) is 11.5. The van der Waals surface area contributed by atoms with E-state index in [9.17, 15) is 4.79 Å². The van der Waals surface area contributed by atoms with Gasteiger partial charge in [0.2, 0.25) is 0 Å². The van der Waals surface area contributed by atoms with Crippen LogP contribution in [-0.2, 0) is 13.0 Å². The molecule has 0 bridgehead atoms. The van der Waals surface area contributed by atoms with Crippen LogP contribution in [0.3, 0.4) is 0 Å². The Kier molecular flexibility index (Phi) is 7.29. The number of benzene rings is 1. The topological polar surface area (TPSA) is 68.3 Å². The lowest BCUT2D eigenvalue weighted by molar-refractivity contribution is 0.0952. The molecule has 1 amide bonds.